The van der Waals surface area contributed by atoms with Gasteiger partial charge in [0.15, 0.2) is 0 Å². The Morgan fingerprint density at radius 3 is 1.11 bits per heavy atom. The molecule has 0 N–H and O–H groups in total. The van der Waals surface area contributed by atoms with Crippen LogP contribution in [-0.2, 0) is 9.47 Å². The molecule has 0 saturated heterocycles. The van der Waals surface area contributed by atoms with E-state index in [2.05, 4.69) is 4.74 Å². The Hall–Kier alpha value is -0.850. The summed E-state index contributed by atoms with van der Waals surface area (Å²) in [5.41, 5.74) is 0. The average molecular weight is 316 g/mol. The molecule has 0 aromatic carbocycles. The van der Waals surface area contributed by atoms with Gasteiger partial charge in [0.2, 0.25) is 0 Å². The lowest BCUT2D eigenvalue weighted by molar-refractivity contribution is -0.535. The normalized spacial score (nSPS) is 15.8. The number of halogens is 11. The number of ether oxygens (including phenoxy) is 2. The highest BCUT2D eigenvalue weighted by Crippen LogP contribution is 2.47. The van der Waals surface area contributed by atoms with Gasteiger partial charge >= 0.3 is 30.6 Å². The molecule has 0 aliphatic carbocycles. The predicted octanol–water partition coefficient (Wildman–Crippen LogP) is 3.97. The molecule has 13 heteroatoms. The van der Waals surface area contributed by atoms with E-state index >= 15 is 0 Å². The molecule has 0 aromatic rings. The summed E-state index contributed by atoms with van der Waals surface area (Å²) in [6, 6.07) is 0. The zero-order valence-electron chi connectivity index (χ0n) is 8.47. The molecule has 0 atom stereocenters. The van der Waals surface area contributed by atoms with Gasteiger partial charge in [-0.15, -0.1) is 0 Å². The maximum absolute atomic E-state index is 12.3. The highest BCUT2D eigenvalue weighted by molar-refractivity contribution is 4.74. The van der Waals surface area contributed by atoms with Crippen molar-refractivity contribution in [1.82, 2.24) is 0 Å². The van der Waals surface area contributed by atoms with Gasteiger partial charge in [0, 0.05) is 6.92 Å². The number of hydrogen-bond donors (Lipinski definition) is 0. The van der Waals surface area contributed by atoms with Crippen molar-refractivity contribution in [3.63, 3.8) is 0 Å². The predicted molar refractivity (Wildman–Crippen MR) is 33.7 cm³/mol. The molecule has 19 heavy (non-hydrogen) atoms. The molecule has 0 unspecified atom stereocenters. The van der Waals surface area contributed by atoms with Gasteiger partial charge in [-0.05, 0) is 0 Å². The van der Waals surface area contributed by atoms with E-state index in [1.807, 2.05) is 0 Å². The highest BCUT2D eigenvalue weighted by atomic mass is 19.4. The van der Waals surface area contributed by atoms with E-state index in [0.717, 1.165) is 0 Å². The smallest absolute Gasteiger partial charge is 0.248 e. The van der Waals surface area contributed by atoms with Crippen LogP contribution in [0.3, 0.4) is 0 Å². The van der Waals surface area contributed by atoms with Crippen molar-refractivity contribution in [3.8, 4) is 0 Å². The minimum absolute atomic E-state index is 0.473. The van der Waals surface area contributed by atoms with Crippen LogP contribution in [0.2, 0.25) is 0 Å². The van der Waals surface area contributed by atoms with Gasteiger partial charge in [0.1, 0.15) is 0 Å². The Labute approximate surface area is 96.6 Å². The zero-order valence-corrected chi connectivity index (χ0v) is 8.47. The minimum atomic E-state index is -6.76. The first-order valence-electron chi connectivity index (χ1n) is 3.90. The fraction of sp³-hybridized carbons (Fsp3) is 1.00. The largest absolute Gasteiger partial charge is 0.483 e. The highest BCUT2D eigenvalue weighted by Gasteiger charge is 2.72. The summed E-state index contributed by atoms with van der Waals surface area (Å²) >= 11 is 0. The average Bonchev–Trinajstić information content (AvgIpc) is 1.92. The summed E-state index contributed by atoms with van der Waals surface area (Å²) in [5.74, 6) is 0. The van der Waals surface area contributed by atoms with Gasteiger partial charge in [0.05, 0.1) is 0 Å². The molecule has 0 aliphatic heterocycles. The molecule has 0 spiro atoms. The van der Waals surface area contributed by atoms with Gasteiger partial charge in [0.25, 0.3) is 0 Å². The Morgan fingerprint density at radius 1 is 0.526 bits per heavy atom. The van der Waals surface area contributed by atoms with Crippen LogP contribution in [0, 0.1) is 0 Å². The lowest BCUT2D eigenvalue weighted by Gasteiger charge is -2.30. The van der Waals surface area contributed by atoms with Crippen LogP contribution in [0.5, 0.6) is 0 Å². The van der Waals surface area contributed by atoms with Crippen molar-refractivity contribution >= 4 is 0 Å². The molecule has 0 radical (unpaired) electrons. The third kappa shape index (κ3) is 4.63. The third-order valence-corrected chi connectivity index (χ3v) is 1.23. The van der Waals surface area contributed by atoms with Crippen molar-refractivity contribution in [2.75, 3.05) is 0 Å². The molecule has 0 heterocycles. The molecular formula is C6H3F11O2. The van der Waals surface area contributed by atoms with Gasteiger partial charge in [-0.25, -0.2) is 9.47 Å². The summed E-state index contributed by atoms with van der Waals surface area (Å²) in [4.78, 5) is 0. The van der Waals surface area contributed by atoms with Crippen LogP contribution >= 0.6 is 0 Å². The number of rotatable bonds is 5. The SMILES string of the molecule is CC(F)(F)OC(F)(F)C(F)(F)OC(F)(F)C(F)(F)F. The molecule has 2 nitrogen and oxygen atoms in total. The van der Waals surface area contributed by atoms with Crippen molar-refractivity contribution in [3.05, 3.63) is 0 Å². The first kappa shape index (κ1) is 18.1. The van der Waals surface area contributed by atoms with Gasteiger partial charge in [-0.1, -0.05) is 0 Å². The fourth-order valence-electron chi connectivity index (χ4n) is 0.563. The summed E-state index contributed by atoms with van der Waals surface area (Å²) in [6.45, 7) is -0.473. The Balaban J connectivity index is 5.18. The molecule has 0 saturated carbocycles. The molecule has 0 fully saturated rings. The molecule has 116 valence electrons. The Morgan fingerprint density at radius 2 is 0.842 bits per heavy atom. The summed E-state index contributed by atoms with van der Waals surface area (Å²) in [5, 5.41) is 0. The lowest BCUT2D eigenvalue weighted by Crippen LogP contribution is -2.54. The second kappa shape index (κ2) is 4.61. The molecule has 0 rings (SSSR count). The van der Waals surface area contributed by atoms with Crippen LogP contribution < -0.4 is 0 Å². The molecular weight excluding hydrogens is 313 g/mol. The first-order valence-corrected chi connectivity index (χ1v) is 3.90. The maximum atomic E-state index is 12.3. The first-order chi connectivity index (χ1) is 7.91. The molecule has 0 amide bonds. The summed E-state index contributed by atoms with van der Waals surface area (Å²) in [7, 11) is 0. The van der Waals surface area contributed by atoms with E-state index in [0.29, 0.717) is 0 Å². The molecule has 0 aromatic heterocycles. The minimum Gasteiger partial charge on any atom is -0.248 e. The third-order valence-electron chi connectivity index (χ3n) is 1.23. The number of alkyl halides is 11. The van der Waals surface area contributed by atoms with Crippen molar-refractivity contribution < 1.29 is 57.8 Å². The van der Waals surface area contributed by atoms with E-state index in [9.17, 15) is 48.3 Å². The van der Waals surface area contributed by atoms with E-state index in [-0.39, 0.29) is 0 Å². The van der Waals surface area contributed by atoms with Crippen LogP contribution in [0.15, 0.2) is 0 Å². The monoisotopic (exact) mass is 316 g/mol. The van der Waals surface area contributed by atoms with E-state index in [1.165, 1.54) is 0 Å². The van der Waals surface area contributed by atoms with Crippen molar-refractivity contribution in [2.24, 2.45) is 0 Å². The second-order valence-electron chi connectivity index (χ2n) is 3.06. The van der Waals surface area contributed by atoms with Gasteiger partial charge in [-0.3, -0.25) is 0 Å². The Bertz CT molecular complexity index is 314. The van der Waals surface area contributed by atoms with E-state index < -0.39 is 37.5 Å². The molecule has 0 aliphatic rings. The molecule has 0 bridgehead atoms. The Kier molecular flexibility index (Phi) is 4.40. The van der Waals surface area contributed by atoms with Crippen LogP contribution in [-0.4, -0.2) is 30.6 Å². The zero-order chi connectivity index (χ0) is 15.9. The second-order valence-corrected chi connectivity index (χ2v) is 3.06. The summed E-state index contributed by atoms with van der Waals surface area (Å²) < 4.78 is 135. The lowest BCUT2D eigenvalue weighted by atomic mass is 10.5. The van der Waals surface area contributed by atoms with E-state index in [1.54, 1.807) is 4.74 Å². The van der Waals surface area contributed by atoms with Gasteiger partial charge in [-0.2, -0.15) is 48.3 Å². The standard InChI is InChI=1S/C6H3F11O2/c1-2(7,8)18-5(14,15)6(16,17)19-4(12,13)3(9,10)11/h1H3. The topological polar surface area (TPSA) is 18.5 Å². The summed E-state index contributed by atoms with van der Waals surface area (Å²) in [6.07, 6.45) is -31.5. The van der Waals surface area contributed by atoms with E-state index in [4.69, 9.17) is 0 Å². The van der Waals surface area contributed by atoms with Gasteiger partial charge < -0.3 is 0 Å². The van der Waals surface area contributed by atoms with Crippen molar-refractivity contribution in [2.45, 2.75) is 37.5 Å². The van der Waals surface area contributed by atoms with Crippen LogP contribution in [0.25, 0.3) is 0 Å². The number of hydrogen-bond acceptors (Lipinski definition) is 2. The maximum Gasteiger partial charge on any atom is 0.483 e. The quantitative estimate of drug-likeness (QED) is 0.715. The van der Waals surface area contributed by atoms with Crippen LogP contribution in [0.1, 0.15) is 6.92 Å². The van der Waals surface area contributed by atoms with Crippen molar-refractivity contribution in [1.29, 1.82) is 0 Å². The van der Waals surface area contributed by atoms with Crippen LogP contribution in [0.4, 0.5) is 48.3 Å². The fourth-order valence-corrected chi connectivity index (χ4v) is 0.563.